The molecule has 1 saturated heterocycles. The average molecular weight is 510 g/mol. The molecule has 0 aliphatic carbocycles. The fraction of sp³-hybridized carbons (Fsp3) is 0.310. The third-order valence-corrected chi connectivity index (χ3v) is 7.48. The van der Waals surface area contributed by atoms with Crippen LogP contribution in [-0.2, 0) is 5.54 Å². The zero-order valence-corrected chi connectivity index (χ0v) is 21.6. The third kappa shape index (κ3) is 4.72. The van der Waals surface area contributed by atoms with Crippen molar-refractivity contribution >= 4 is 11.6 Å². The molecule has 38 heavy (non-hydrogen) atoms. The number of nitrogens with zero attached hydrogens (tertiary/aromatic N) is 4. The van der Waals surface area contributed by atoms with Gasteiger partial charge >= 0.3 is 0 Å². The highest BCUT2D eigenvalue weighted by atomic mass is 16.5. The number of likely N-dealkylation sites (tertiary alicyclic amines) is 1. The maximum Gasteiger partial charge on any atom is 0.251 e. The van der Waals surface area contributed by atoms with Crippen molar-refractivity contribution in [2.75, 3.05) is 32.1 Å². The van der Waals surface area contributed by atoms with E-state index in [0.29, 0.717) is 18.0 Å². The van der Waals surface area contributed by atoms with E-state index >= 15 is 0 Å². The summed E-state index contributed by atoms with van der Waals surface area (Å²) in [6.07, 6.45) is 5.17. The molecule has 0 radical (unpaired) electrons. The highest BCUT2D eigenvalue weighted by Gasteiger charge is 2.39. The maximum atomic E-state index is 13.3. The molecule has 0 saturated carbocycles. The molecule has 1 atom stereocenters. The van der Waals surface area contributed by atoms with Crippen molar-refractivity contribution in [2.24, 2.45) is 0 Å². The Hall–Kier alpha value is -4.24. The van der Waals surface area contributed by atoms with Crippen LogP contribution in [0.15, 0.2) is 67.0 Å². The smallest absolute Gasteiger partial charge is 0.251 e. The number of carbonyl (C=O) groups is 1. The van der Waals surface area contributed by atoms with Crippen LogP contribution in [-0.4, -0.2) is 57.7 Å². The predicted molar refractivity (Wildman–Crippen MR) is 145 cm³/mol. The molecule has 194 valence electrons. The molecule has 2 aromatic carbocycles. The van der Waals surface area contributed by atoms with E-state index in [-0.39, 0.29) is 11.9 Å². The molecular weight excluding hydrogens is 478 g/mol. The van der Waals surface area contributed by atoms with E-state index in [2.05, 4.69) is 43.8 Å². The number of amides is 1. The van der Waals surface area contributed by atoms with Crippen LogP contribution < -0.4 is 15.4 Å². The lowest BCUT2D eigenvalue weighted by molar-refractivity contribution is 0.0930. The topological polar surface area (TPSA) is 108 Å². The molecule has 4 heterocycles. The average Bonchev–Trinajstić information content (AvgIpc) is 3.59. The van der Waals surface area contributed by atoms with Crippen molar-refractivity contribution in [1.29, 1.82) is 0 Å². The summed E-state index contributed by atoms with van der Waals surface area (Å²) < 4.78 is 5.78. The molecule has 1 fully saturated rings. The molecule has 2 aliphatic heterocycles. The Morgan fingerprint density at radius 2 is 1.92 bits per heavy atom. The predicted octanol–water partition coefficient (Wildman–Crippen LogP) is 4.07. The Morgan fingerprint density at radius 3 is 2.74 bits per heavy atom. The zero-order valence-electron chi connectivity index (χ0n) is 21.6. The first-order valence-electron chi connectivity index (χ1n) is 12.9. The molecule has 1 amide bonds. The van der Waals surface area contributed by atoms with Gasteiger partial charge in [-0.05, 0) is 63.2 Å². The zero-order chi connectivity index (χ0) is 26.1. The molecular formula is C29H31N7O2. The van der Waals surface area contributed by atoms with Gasteiger partial charge in [0.05, 0.1) is 11.6 Å². The Balaban J connectivity index is 1.24. The second kappa shape index (κ2) is 9.90. The number of pyridine rings is 1. The van der Waals surface area contributed by atoms with E-state index in [1.807, 2.05) is 55.5 Å². The third-order valence-electron chi connectivity index (χ3n) is 7.48. The number of piperidine rings is 1. The van der Waals surface area contributed by atoms with Gasteiger partial charge < -0.3 is 20.3 Å². The molecule has 2 aromatic heterocycles. The number of hydrogen-bond acceptors (Lipinski definition) is 7. The van der Waals surface area contributed by atoms with Gasteiger partial charge in [0.2, 0.25) is 0 Å². The van der Waals surface area contributed by atoms with Crippen LogP contribution in [0.1, 0.15) is 46.2 Å². The first-order chi connectivity index (χ1) is 18.5. The number of anilines is 1. The Bertz CT molecular complexity index is 1440. The number of rotatable bonds is 6. The number of nitrogens with one attached hydrogen (secondary N) is 3. The minimum Gasteiger partial charge on any atom is -0.491 e. The second-order valence-corrected chi connectivity index (χ2v) is 10.2. The fourth-order valence-electron chi connectivity index (χ4n) is 5.24. The number of aromatic amines is 1. The van der Waals surface area contributed by atoms with Crippen molar-refractivity contribution in [3.05, 3.63) is 89.5 Å². The van der Waals surface area contributed by atoms with E-state index in [9.17, 15) is 4.79 Å². The second-order valence-electron chi connectivity index (χ2n) is 10.2. The summed E-state index contributed by atoms with van der Waals surface area (Å²) >= 11 is 0. The van der Waals surface area contributed by atoms with E-state index in [0.717, 1.165) is 59.9 Å². The van der Waals surface area contributed by atoms with Gasteiger partial charge in [0.1, 0.15) is 12.4 Å². The van der Waals surface area contributed by atoms with E-state index < -0.39 is 5.54 Å². The van der Waals surface area contributed by atoms with Crippen molar-refractivity contribution in [1.82, 2.24) is 30.4 Å². The number of H-pyrrole nitrogens is 1. The summed E-state index contributed by atoms with van der Waals surface area (Å²) in [6, 6.07) is 17.3. The van der Waals surface area contributed by atoms with Crippen molar-refractivity contribution in [2.45, 2.75) is 31.3 Å². The number of benzene rings is 2. The minimum atomic E-state index is -0.435. The number of hydrogen-bond donors (Lipinski definition) is 3. The molecule has 3 N–H and O–H groups in total. The first kappa shape index (κ1) is 24.1. The summed E-state index contributed by atoms with van der Waals surface area (Å²) in [5.41, 5.74) is 4.10. The number of fused-ring (bicyclic) bond motifs is 1. The summed E-state index contributed by atoms with van der Waals surface area (Å²) in [5.74, 6) is 2.14. The molecule has 0 spiro atoms. The first-order valence-corrected chi connectivity index (χ1v) is 12.9. The number of aryl methyl sites for hydroxylation is 1. The lowest BCUT2D eigenvalue weighted by atomic mass is 9.86. The highest BCUT2D eigenvalue weighted by molar-refractivity contribution is 5.95. The van der Waals surface area contributed by atoms with Crippen LogP contribution in [0.2, 0.25) is 0 Å². The highest BCUT2D eigenvalue weighted by Crippen LogP contribution is 2.36. The van der Waals surface area contributed by atoms with Gasteiger partial charge in [-0.15, -0.1) is 0 Å². The van der Waals surface area contributed by atoms with Gasteiger partial charge in [0, 0.05) is 47.9 Å². The SMILES string of the molecule is Cc1ccc2c(c1)[C@@H](NC(=O)c1cccc(NC3(c4nc(-c5ccncc5)n[nH]4)CCN(C)CC3)c1)CO2. The van der Waals surface area contributed by atoms with Crippen LogP contribution >= 0.6 is 0 Å². The molecule has 0 bridgehead atoms. The summed E-state index contributed by atoms with van der Waals surface area (Å²) in [6.45, 7) is 4.31. The Morgan fingerprint density at radius 1 is 1.11 bits per heavy atom. The fourth-order valence-corrected chi connectivity index (χ4v) is 5.24. The molecule has 6 rings (SSSR count). The van der Waals surface area contributed by atoms with Crippen molar-refractivity contribution < 1.29 is 9.53 Å². The maximum absolute atomic E-state index is 13.3. The molecule has 9 nitrogen and oxygen atoms in total. The monoisotopic (exact) mass is 509 g/mol. The van der Waals surface area contributed by atoms with Gasteiger partial charge in [-0.1, -0.05) is 23.8 Å². The quantitative estimate of drug-likeness (QED) is 0.360. The number of ether oxygens (including phenoxy) is 1. The minimum absolute atomic E-state index is 0.131. The van der Waals surface area contributed by atoms with Gasteiger partial charge in [-0.3, -0.25) is 14.9 Å². The largest absolute Gasteiger partial charge is 0.491 e. The van der Waals surface area contributed by atoms with E-state index in [1.54, 1.807) is 12.4 Å². The van der Waals surface area contributed by atoms with Crippen molar-refractivity contribution in [3.8, 4) is 17.1 Å². The molecule has 4 aromatic rings. The van der Waals surface area contributed by atoms with Gasteiger partial charge in [-0.2, -0.15) is 5.10 Å². The van der Waals surface area contributed by atoms with Crippen LogP contribution in [0.3, 0.4) is 0 Å². The van der Waals surface area contributed by atoms with E-state index in [1.165, 1.54) is 0 Å². The van der Waals surface area contributed by atoms with Crippen LogP contribution in [0, 0.1) is 6.92 Å². The van der Waals surface area contributed by atoms with Gasteiger partial charge in [0.15, 0.2) is 11.6 Å². The molecule has 2 aliphatic rings. The number of carbonyl (C=O) groups excluding carboxylic acids is 1. The summed E-state index contributed by atoms with van der Waals surface area (Å²) in [7, 11) is 2.13. The van der Waals surface area contributed by atoms with Gasteiger partial charge in [0.25, 0.3) is 5.91 Å². The standard InChI is InChI=1S/C29H31N7O2/c1-19-6-7-25-23(16-19)24(18-38-25)31-27(37)21-4-3-5-22(17-21)33-29(10-14-36(2)15-11-29)28-32-26(34-35-28)20-8-12-30-13-9-20/h3-9,12-13,16-17,24,33H,10-11,14-15,18H2,1-2H3,(H,31,37)(H,32,34,35)/t24-/m0/s1. The van der Waals surface area contributed by atoms with E-state index in [4.69, 9.17) is 9.72 Å². The number of aromatic nitrogens is 4. The van der Waals surface area contributed by atoms with Crippen LogP contribution in [0.4, 0.5) is 5.69 Å². The van der Waals surface area contributed by atoms with Crippen molar-refractivity contribution in [3.63, 3.8) is 0 Å². The molecule has 0 unspecified atom stereocenters. The molecule has 9 heteroatoms. The summed E-state index contributed by atoms with van der Waals surface area (Å²) in [4.78, 5) is 24.5. The van der Waals surface area contributed by atoms with Gasteiger partial charge in [-0.25, -0.2) is 4.98 Å². The Kier molecular flexibility index (Phi) is 6.29. The summed E-state index contributed by atoms with van der Waals surface area (Å²) in [5, 5.41) is 14.6. The Labute approximate surface area is 221 Å². The normalized spacial score (nSPS) is 18.4. The lowest BCUT2D eigenvalue weighted by Crippen LogP contribution is -2.46. The lowest BCUT2D eigenvalue weighted by Gasteiger charge is -2.40. The van der Waals surface area contributed by atoms with Crippen LogP contribution in [0.25, 0.3) is 11.4 Å². The van der Waals surface area contributed by atoms with Crippen LogP contribution in [0.5, 0.6) is 5.75 Å².